The maximum Gasteiger partial charge on any atom is 0.273 e. The second-order valence-corrected chi connectivity index (χ2v) is 7.59. The topological polar surface area (TPSA) is 101 Å². The van der Waals surface area contributed by atoms with E-state index in [1.807, 2.05) is 68.4 Å². The summed E-state index contributed by atoms with van der Waals surface area (Å²) in [5.74, 6) is -0.849. The Labute approximate surface area is 191 Å². The molecule has 0 spiro atoms. The van der Waals surface area contributed by atoms with Gasteiger partial charge in [0.1, 0.15) is 5.69 Å². The summed E-state index contributed by atoms with van der Waals surface area (Å²) in [6.07, 6.45) is 4.92. The smallest absolute Gasteiger partial charge is 0.273 e. The molecule has 8 heteroatoms. The summed E-state index contributed by atoms with van der Waals surface area (Å²) in [6.45, 7) is 4.00. The minimum atomic E-state index is -0.476. The molecule has 0 radical (unpaired) electrons. The Morgan fingerprint density at radius 1 is 0.970 bits per heavy atom. The maximum absolute atomic E-state index is 12.9. The van der Waals surface area contributed by atoms with Gasteiger partial charge >= 0.3 is 0 Å². The van der Waals surface area contributed by atoms with E-state index in [0.717, 1.165) is 22.5 Å². The van der Waals surface area contributed by atoms with Crippen molar-refractivity contribution < 1.29 is 9.59 Å². The molecule has 166 valence electrons. The van der Waals surface area contributed by atoms with Gasteiger partial charge in [-0.05, 0) is 49.7 Å². The van der Waals surface area contributed by atoms with Crippen molar-refractivity contribution in [1.82, 2.24) is 25.6 Å². The van der Waals surface area contributed by atoms with Crippen molar-refractivity contribution in [3.05, 3.63) is 95.9 Å². The molecular weight excluding hydrogens is 416 g/mol. The first kappa shape index (κ1) is 21.8. The van der Waals surface area contributed by atoms with Crippen LogP contribution in [0.25, 0.3) is 16.9 Å². The summed E-state index contributed by atoms with van der Waals surface area (Å²) in [6, 6.07) is 19.0. The average Bonchev–Trinajstić information content (AvgIpc) is 3.29. The Morgan fingerprint density at radius 2 is 1.79 bits per heavy atom. The summed E-state index contributed by atoms with van der Waals surface area (Å²) < 4.78 is 1.63. The standard InChI is InChI=1S/C25H24N6O2/c1-17-10-11-22(18(2)13-17)27-15-23(32)28-29-25(33)21-16-31(20-8-4-3-5-9-20)30-24(21)19-7-6-12-26-14-19/h3-14,16,27H,15H2,1-2H3,(H,28,32)(H,29,33). The number of nitrogens with one attached hydrogen (secondary N) is 3. The van der Waals surface area contributed by atoms with E-state index in [4.69, 9.17) is 0 Å². The average molecular weight is 441 g/mol. The van der Waals surface area contributed by atoms with Crippen molar-refractivity contribution in [2.75, 3.05) is 11.9 Å². The number of anilines is 1. The van der Waals surface area contributed by atoms with Crippen LogP contribution < -0.4 is 16.2 Å². The van der Waals surface area contributed by atoms with E-state index in [1.54, 1.807) is 29.3 Å². The van der Waals surface area contributed by atoms with Crippen LogP contribution in [0.4, 0.5) is 5.69 Å². The number of para-hydroxylation sites is 1. The molecular formula is C25H24N6O2. The summed E-state index contributed by atoms with van der Waals surface area (Å²) >= 11 is 0. The molecule has 0 bridgehead atoms. The molecule has 0 saturated carbocycles. The molecule has 0 saturated heterocycles. The van der Waals surface area contributed by atoms with E-state index in [2.05, 4.69) is 26.3 Å². The molecule has 0 aliphatic carbocycles. The third kappa shape index (κ3) is 5.24. The number of aromatic nitrogens is 3. The number of rotatable bonds is 6. The number of hydrogen-bond acceptors (Lipinski definition) is 5. The van der Waals surface area contributed by atoms with Gasteiger partial charge in [-0.25, -0.2) is 4.68 Å². The molecule has 2 aromatic carbocycles. The Bertz CT molecular complexity index is 1270. The Morgan fingerprint density at radius 3 is 2.52 bits per heavy atom. The highest BCUT2D eigenvalue weighted by Gasteiger charge is 2.19. The molecule has 4 aromatic rings. The normalized spacial score (nSPS) is 10.5. The fraction of sp³-hybridized carbons (Fsp3) is 0.120. The molecule has 3 N–H and O–H groups in total. The fourth-order valence-electron chi connectivity index (χ4n) is 3.39. The van der Waals surface area contributed by atoms with Crippen LogP contribution >= 0.6 is 0 Å². The van der Waals surface area contributed by atoms with E-state index >= 15 is 0 Å². The van der Waals surface area contributed by atoms with Gasteiger partial charge in [0.2, 0.25) is 0 Å². The minimum absolute atomic E-state index is 0.0168. The second kappa shape index (κ2) is 9.78. The summed E-state index contributed by atoms with van der Waals surface area (Å²) in [4.78, 5) is 29.4. The molecule has 2 heterocycles. The third-order valence-electron chi connectivity index (χ3n) is 5.05. The van der Waals surface area contributed by atoms with Crippen molar-refractivity contribution in [2.24, 2.45) is 0 Å². The number of carbonyl (C=O) groups excluding carboxylic acids is 2. The number of nitrogens with zero attached hydrogens (tertiary/aromatic N) is 3. The van der Waals surface area contributed by atoms with Crippen molar-refractivity contribution in [2.45, 2.75) is 13.8 Å². The van der Waals surface area contributed by atoms with E-state index in [0.29, 0.717) is 16.8 Å². The Hall–Kier alpha value is -4.46. The largest absolute Gasteiger partial charge is 0.376 e. The molecule has 2 amide bonds. The van der Waals surface area contributed by atoms with Crippen LogP contribution in [-0.2, 0) is 4.79 Å². The SMILES string of the molecule is Cc1ccc(NCC(=O)NNC(=O)c2cn(-c3ccccc3)nc2-c2cccnc2)c(C)c1. The maximum atomic E-state index is 12.9. The number of aryl methyl sites for hydroxylation is 2. The zero-order valence-corrected chi connectivity index (χ0v) is 18.4. The molecule has 4 rings (SSSR count). The van der Waals surface area contributed by atoms with Crippen LogP contribution in [0.1, 0.15) is 21.5 Å². The van der Waals surface area contributed by atoms with Crippen molar-refractivity contribution in [1.29, 1.82) is 0 Å². The molecule has 0 aliphatic rings. The van der Waals surface area contributed by atoms with Gasteiger partial charge in [-0.1, -0.05) is 35.9 Å². The summed E-state index contributed by atoms with van der Waals surface area (Å²) in [5, 5.41) is 7.66. The Balaban J connectivity index is 1.47. The molecule has 0 fully saturated rings. The number of amides is 2. The predicted molar refractivity (Wildman–Crippen MR) is 127 cm³/mol. The predicted octanol–water partition coefficient (Wildman–Crippen LogP) is 3.42. The van der Waals surface area contributed by atoms with Gasteiger partial charge in [-0.15, -0.1) is 0 Å². The van der Waals surface area contributed by atoms with Crippen molar-refractivity contribution in [3.8, 4) is 16.9 Å². The van der Waals surface area contributed by atoms with E-state index in [9.17, 15) is 9.59 Å². The number of carbonyl (C=O) groups is 2. The van der Waals surface area contributed by atoms with E-state index < -0.39 is 5.91 Å². The summed E-state index contributed by atoms with van der Waals surface area (Å²) in [7, 11) is 0. The minimum Gasteiger partial charge on any atom is -0.376 e. The number of hydrazine groups is 1. The van der Waals surface area contributed by atoms with E-state index in [1.165, 1.54) is 0 Å². The van der Waals surface area contributed by atoms with E-state index in [-0.39, 0.29) is 12.5 Å². The molecule has 8 nitrogen and oxygen atoms in total. The van der Waals surface area contributed by atoms with Gasteiger partial charge in [-0.2, -0.15) is 5.10 Å². The van der Waals surface area contributed by atoms with Crippen molar-refractivity contribution >= 4 is 17.5 Å². The van der Waals surface area contributed by atoms with Gasteiger partial charge in [0.25, 0.3) is 11.8 Å². The third-order valence-corrected chi connectivity index (χ3v) is 5.05. The van der Waals surface area contributed by atoms with Gasteiger partial charge in [-0.3, -0.25) is 25.4 Å². The van der Waals surface area contributed by atoms with Crippen LogP contribution in [0, 0.1) is 13.8 Å². The zero-order valence-electron chi connectivity index (χ0n) is 18.4. The summed E-state index contributed by atoms with van der Waals surface area (Å²) in [5.41, 5.74) is 10.3. The lowest BCUT2D eigenvalue weighted by atomic mass is 10.1. The second-order valence-electron chi connectivity index (χ2n) is 7.59. The fourth-order valence-corrected chi connectivity index (χ4v) is 3.39. The lowest BCUT2D eigenvalue weighted by Gasteiger charge is -2.11. The van der Waals surface area contributed by atoms with Crippen LogP contribution in [0.3, 0.4) is 0 Å². The number of pyridine rings is 1. The highest BCUT2D eigenvalue weighted by molar-refractivity contribution is 6.00. The van der Waals surface area contributed by atoms with Crippen LogP contribution in [0.2, 0.25) is 0 Å². The van der Waals surface area contributed by atoms with Gasteiger partial charge < -0.3 is 5.32 Å². The first-order valence-corrected chi connectivity index (χ1v) is 10.5. The monoisotopic (exact) mass is 440 g/mol. The van der Waals surface area contributed by atoms with Gasteiger partial charge in [0.15, 0.2) is 0 Å². The quantitative estimate of drug-likeness (QED) is 0.399. The number of benzene rings is 2. The first-order valence-electron chi connectivity index (χ1n) is 10.5. The van der Waals surface area contributed by atoms with Gasteiger partial charge in [0.05, 0.1) is 17.8 Å². The van der Waals surface area contributed by atoms with Crippen LogP contribution in [0.5, 0.6) is 0 Å². The lowest BCUT2D eigenvalue weighted by molar-refractivity contribution is -0.120. The number of hydrogen-bond donors (Lipinski definition) is 3. The highest BCUT2D eigenvalue weighted by Crippen LogP contribution is 2.23. The Kier molecular flexibility index (Phi) is 6.45. The van der Waals surface area contributed by atoms with Crippen molar-refractivity contribution in [3.63, 3.8) is 0 Å². The zero-order chi connectivity index (χ0) is 23.2. The van der Waals surface area contributed by atoms with Crippen LogP contribution in [-0.4, -0.2) is 33.1 Å². The van der Waals surface area contributed by atoms with Gasteiger partial charge in [0, 0.05) is 29.8 Å². The molecule has 2 aromatic heterocycles. The molecule has 33 heavy (non-hydrogen) atoms. The molecule has 0 unspecified atom stereocenters. The molecule has 0 aliphatic heterocycles. The highest BCUT2D eigenvalue weighted by atomic mass is 16.2. The first-order chi connectivity index (χ1) is 16.0. The van der Waals surface area contributed by atoms with Crippen LogP contribution in [0.15, 0.2) is 79.3 Å². The lowest BCUT2D eigenvalue weighted by Crippen LogP contribution is -2.44. The molecule has 0 atom stereocenters.